The van der Waals surface area contributed by atoms with Crippen molar-refractivity contribution in [3.63, 3.8) is 0 Å². The number of anilines is 1. The molecular formula is C15H19ClF3N3O. The first-order valence-corrected chi connectivity index (χ1v) is 8.12. The lowest BCUT2D eigenvalue weighted by Crippen LogP contribution is -2.45. The van der Waals surface area contributed by atoms with Gasteiger partial charge in [0.25, 0.3) is 0 Å². The van der Waals surface area contributed by atoms with E-state index in [1.165, 1.54) is 0 Å². The lowest BCUT2D eigenvalue weighted by Gasteiger charge is -2.35. The van der Waals surface area contributed by atoms with Gasteiger partial charge in [-0.3, -0.25) is 4.90 Å². The van der Waals surface area contributed by atoms with E-state index >= 15 is 0 Å². The number of ether oxygens (including phenoxy) is 1. The van der Waals surface area contributed by atoms with Gasteiger partial charge in [0, 0.05) is 38.0 Å². The van der Waals surface area contributed by atoms with Crippen molar-refractivity contribution in [2.45, 2.75) is 37.5 Å². The van der Waals surface area contributed by atoms with Crippen LogP contribution in [0.15, 0.2) is 12.3 Å². The van der Waals surface area contributed by atoms with Gasteiger partial charge in [-0.25, -0.2) is 4.98 Å². The number of nitrogens with zero attached hydrogens (tertiary/aromatic N) is 2. The molecule has 4 nitrogen and oxygen atoms in total. The number of aromatic nitrogens is 1. The Kier molecular flexibility index (Phi) is 4.98. The smallest absolute Gasteiger partial charge is 0.380 e. The van der Waals surface area contributed by atoms with Crippen LogP contribution < -0.4 is 5.32 Å². The van der Waals surface area contributed by atoms with Crippen molar-refractivity contribution in [1.82, 2.24) is 9.88 Å². The molecule has 1 N–H and O–H groups in total. The van der Waals surface area contributed by atoms with Gasteiger partial charge in [-0.2, -0.15) is 13.2 Å². The molecule has 2 aliphatic heterocycles. The standard InChI is InChI=1S/C15H19ClF3N3O/c16-13-7-10(15(17,18)19)8-20-14(13)21-11-1-4-22(5-2-11)12-3-6-23-9-12/h7-8,11-12H,1-6,9H2,(H,20,21). The molecule has 1 atom stereocenters. The third-order valence-electron chi connectivity index (χ3n) is 4.46. The zero-order valence-corrected chi connectivity index (χ0v) is 13.3. The summed E-state index contributed by atoms with van der Waals surface area (Å²) in [5.41, 5.74) is -0.830. The molecule has 2 fully saturated rings. The average molecular weight is 350 g/mol. The van der Waals surface area contributed by atoms with E-state index in [9.17, 15) is 13.2 Å². The van der Waals surface area contributed by atoms with Crippen LogP contribution in [0.4, 0.5) is 19.0 Å². The van der Waals surface area contributed by atoms with E-state index in [2.05, 4.69) is 15.2 Å². The Morgan fingerprint density at radius 1 is 1.26 bits per heavy atom. The molecule has 128 valence electrons. The largest absolute Gasteiger partial charge is 0.417 e. The average Bonchev–Trinajstić information content (AvgIpc) is 3.03. The molecule has 0 radical (unpaired) electrons. The Morgan fingerprint density at radius 2 is 2.00 bits per heavy atom. The highest BCUT2D eigenvalue weighted by atomic mass is 35.5. The van der Waals surface area contributed by atoms with Gasteiger partial charge >= 0.3 is 6.18 Å². The lowest BCUT2D eigenvalue weighted by atomic mass is 10.0. The van der Waals surface area contributed by atoms with E-state index in [1.54, 1.807) is 0 Å². The second-order valence-corrected chi connectivity index (χ2v) is 6.43. The summed E-state index contributed by atoms with van der Waals surface area (Å²) < 4.78 is 43.3. The molecule has 0 bridgehead atoms. The van der Waals surface area contributed by atoms with Crippen molar-refractivity contribution in [1.29, 1.82) is 0 Å². The summed E-state index contributed by atoms with van der Waals surface area (Å²) in [6.45, 7) is 3.52. The quantitative estimate of drug-likeness (QED) is 0.907. The summed E-state index contributed by atoms with van der Waals surface area (Å²) in [6.07, 6.45) is -0.710. The number of alkyl halides is 3. The van der Waals surface area contributed by atoms with Gasteiger partial charge in [0.15, 0.2) is 0 Å². The van der Waals surface area contributed by atoms with E-state index in [0.717, 1.165) is 57.8 Å². The zero-order valence-electron chi connectivity index (χ0n) is 12.6. The number of halogens is 4. The summed E-state index contributed by atoms with van der Waals surface area (Å²) >= 11 is 5.94. The summed E-state index contributed by atoms with van der Waals surface area (Å²) in [4.78, 5) is 6.26. The molecule has 1 unspecified atom stereocenters. The maximum absolute atomic E-state index is 12.6. The summed E-state index contributed by atoms with van der Waals surface area (Å²) in [7, 11) is 0. The number of hydrogen-bond donors (Lipinski definition) is 1. The summed E-state index contributed by atoms with van der Waals surface area (Å²) in [5.74, 6) is 0.322. The maximum atomic E-state index is 12.6. The van der Waals surface area contributed by atoms with Gasteiger partial charge in [-0.1, -0.05) is 11.6 Å². The van der Waals surface area contributed by atoms with E-state index < -0.39 is 11.7 Å². The molecule has 1 aromatic heterocycles. The lowest BCUT2D eigenvalue weighted by molar-refractivity contribution is -0.137. The third kappa shape index (κ3) is 4.08. The third-order valence-corrected chi connectivity index (χ3v) is 4.75. The minimum absolute atomic E-state index is 0.00597. The van der Waals surface area contributed by atoms with Crippen molar-refractivity contribution in [3.05, 3.63) is 22.8 Å². The Bertz CT molecular complexity index is 541. The SMILES string of the molecule is FC(F)(F)c1cnc(NC2CCN(C3CCOC3)CC2)c(Cl)c1. The molecule has 23 heavy (non-hydrogen) atoms. The number of pyridine rings is 1. The Labute approximate surface area is 138 Å². The number of likely N-dealkylation sites (tertiary alicyclic amines) is 1. The first-order chi connectivity index (χ1) is 10.9. The molecule has 0 aliphatic carbocycles. The van der Waals surface area contributed by atoms with Crippen LogP contribution in [0.3, 0.4) is 0 Å². The van der Waals surface area contributed by atoms with Crippen LogP contribution >= 0.6 is 11.6 Å². The minimum atomic E-state index is -4.43. The molecule has 0 aromatic carbocycles. The molecule has 0 amide bonds. The monoisotopic (exact) mass is 349 g/mol. The highest BCUT2D eigenvalue weighted by molar-refractivity contribution is 6.33. The molecule has 8 heteroatoms. The first kappa shape index (κ1) is 16.8. The molecule has 0 saturated carbocycles. The predicted octanol–water partition coefficient (Wildman–Crippen LogP) is 3.42. The maximum Gasteiger partial charge on any atom is 0.417 e. The number of piperidine rings is 1. The molecule has 2 aliphatic rings. The van der Waals surface area contributed by atoms with E-state index in [4.69, 9.17) is 16.3 Å². The Balaban J connectivity index is 1.56. The predicted molar refractivity (Wildman–Crippen MR) is 81.7 cm³/mol. The second kappa shape index (κ2) is 6.83. The van der Waals surface area contributed by atoms with E-state index in [1.807, 2.05) is 0 Å². The van der Waals surface area contributed by atoms with Crippen LogP contribution in [0.25, 0.3) is 0 Å². The fraction of sp³-hybridized carbons (Fsp3) is 0.667. The topological polar surface area (TPSA) is 37.4 Å². The fourth-order valence-corrected chi connectivity index (χ4v) is 3.33. The summed E-state index contributed by atoms with van der Waals surface area (Å²) in [6, 6.07) is 1.60. The number of rotatable bonds is 3. The van der Waals surface area contributed by atoms with Crippen molar-refractivity contribution < 1.29 is 17.9 Å². The Hall–Kier alpha value is -1.05. The van der Waals surface area contributed by atoms with Crippen LogP contribution in [0.5, 0.6) is 0 Å². The molecule has 2 saturated heterocycles. The van der Waals surface area contributed by atoms with E-state index in [-0.39, 0.29) is 11.1 Å². The molecule has 0 spiro atoms. The molecule has 3 heterocycles. The van der Waals surface area contributed by atoms with Gasteiger partial charge < -0.3 is 10.1 Å². The van der Waals surface area contributed by atoms with Crippen LogP contribution in [-0.2, 0) is 10.9 Å². The Morgan fingerprint density at radius 3 is 2.57 bits per heavy atom. The first-order valence-electron chi connectivity index (χ1n) is 7.74. The van der Waals surface area contributed by atoms with Gasteiger partial charge in [-0.15, -0.1) is 0 Å². The highest BCUT2D eigenvalue weighted by Crippen LogP contribution is 2.33. The van der Waals surface area contributed by atoms with Crippen molar-refractivity contribution >= 4 is 17.4 Å². The minimum Gasteiger partial charge on any atom is -0.380 e. The molecule has 1 aromatic rings. The van der Waals surface area contributed by atoms with Crippen LogP contribution in [0.1, 0.15) is 24.8 Å². The zero-order chi connectivity index (χ0) is 16.4. The second-order valence-electron chi connectivity index (χ2n) is 6.02. The number of hydrogen-bond acceptors (Lipinski definition) is 4. The van der Waals surface area contributed by atoms with Crippen molar-refractivity contribution in [2.75, 3.05) is 31.6 Å². The summed E-state index contributed by atoms with van der Waals surface area (Å²) in [5, 5.41) is 3.18. The normalized spacial score (nSPS) is 24.1. The fourth-order valence-electron chi connectivity index (χ4n) is 3.11. The van der Waals surface area contributed by atoms with Crippen LogP contribution in [-0.4, -0.2) is 48.3 Å². The molecule has 3 rings (SSSR count). The highest BCUT2D eigenvalue weighted by Gasteiger charge is 2.32. The van der Waals surface area contributed by atoms with Crippen molar-refractivity contribution in [3.8, 4) is 0 Å². The molecular weight excluding hydrogens is 331 g/mol. The van der Waals surface area contributed by atoms with Gasteiger partial charge in [0.05, 0.1) is 17.2 Å². The van der Waals surface area contributed by atoms with Gasteiger partial charge in [-0.05, 0) is 25.3 Å². The van der Waals surface area contributed by atoms with Crippen molar-refractivity contribution in [2.24, 2.45) is 0 Å². The van der Waals surface area contributed by atoms with Gasteiger partial charge in [0.2, 0.25) is 0 Å². The number of nitrogens with one attached hydrogen (secondary N) is 1. The van der Waals surface area contributed by atoms with Crippen LogP contribution in [0, 0.1) is 0 Å². The van der Waals surface area contributed by atoms with E-state index in [0.29, 0.717) is 11.9 Å². The van der Waals surface area contributed by atoms with Gasteiger partial charge in [0.1, 0.15) is 5.82 Å². The van der Waals surface area contributed by atoms with Crippen LogP contribution in [0.2, 0.25) is 5.02 Å².